The molecule has 0 aromatic heterocycles. The second-order valence-corrected chi connectivity index (χ2v) is 6.55. The van der Waals surface area contributed by atoms with Crippen molar-refractivity contribution >= 4 is 41.1 Å². The summed E-state index contributed by atoms with van der Waals surface area (Å²) in [6, 6.07) is 15.0. The standard InChI is InChI=1S/C21H21FN4O3S/c22-17-9-6-15(7-10-17)8-11-19(28)24-21(30)26-25-20(29)13-12-18(27)23-14-16-4-2-1-3-5-16/h1-11H,12-14H2,(H,23,27)(H,25,29)(H2,24,26,28,30)/b11-8+. The van der Waals surface area contributed by atoms with E-state index in [0.29, 0.717) is 12.1 Å². The first-order valence-electron chi connectivity index (χ1n) is 9.06. The van der Waals surface area contributed by atoms with Gasteiger partial charge in [0.15, 0.2) is 5.11 Å². The summed E-state index contributed by atoms with van der Waals surface area (Å²) in [5.74, 6) is -1.60. The highest BCUT2D eigenvalue weighted by molar-refractivity contribution is 7.80. The molecular weight excluding hydrogens is 407 g/mol. The van der Waals surface area contributed by atoms with Gasteiger partial charge in [-0.15, -0.1) is 0 Å². The van der Waals surface area contributed by atoms with Crippen LogP contribution >= 0.6 is 12.2 Å². The van der Waals surface area contributed by atoms with Gasteiger partial charge in [0.25, 0.3) is 0 Å². The number of amides is 3. The van der Waals surface area contributed by atoms with E-state index in [4.69, 9.17) is 12.2 Å². The average molecular weight is 428 g/mol. The molecule has 0 spiro atoms. The Hall–Kier alpha value is -3.59. The maximum atomic E-state index is 12.8. The fourth-order valence-electron chi connectivity index (χ4n) is 2.23. The molecule has 2 rings (SSSR count). The lowest BCUT2D eigenvalue weighted by Gasteiger charge is -2.10. The van der Waals surface area contributed by atoms with Gasteiger partial charge >= 0.3 is 0 Å². The minimum atomic E-state index is -0.522. The highest BCUT2D eigenvalue weighted by atomic mass is 32.1. The third-order valence-electron chi connectivity index (χ3n) is 3.76. The molecule has 2 aromatic carbocycles. The summed E-state index contributed by atoms with van der Waals surface area (Å²) in [4.78, 5) is 35.3. The Morgan fingerprint density at radius 1 is 0.900 bits per heavy atom. The lowest BCUT2D eigenvalue weighted by molar-refractivity contribution is -0.126. The Morgan fingerprint density at radius 2 is 1.57 bits per heavy atom. The van der Waals surface area contributed by atoms with Crippen LogP contribution in [0.15, 0.2) is 60.7 Å². The second kappa shape index (κ2) is 12.1. The Balaban J connectivity index is 1.61. The maximum Gasteiger partial charge on any atom is 0.250 e. The van der Waals surface area contributed by atoms with Crippen molar-refractivity contribution in [3.8, 4) is 0 Å². The molecule has 9 heteroatoms. The highest BCUT2D eigenvalue weighted by Gasteiger charge is 2.08. The Labute approximate surface area is 178 Å². The number of thiocarbonyl (C=S) groups is 1. The molecule has 0 radical (unpaired) electrons. The summed E-state index contributed by atoms with van der Waals surface area (Å²) < 4.78 is 12.8. The first kappa shape index (κ1) is 22.7. The monoisotopic (exact) mass is 428 g/mol. The number of hydrogen-bond donors (Lipinski definition) is 4. The van der Waals surface area contributed by atoms with E-state index >= 15 is 0 Å². The zero-order valence-electron chi connectivity index (χ0n) is 16.0. The molecule has 7 nitrogen and oxygen atoms in total. The van der Waals surface area contributed by atoms with Crippen LogP contribution in [0, 0.1) is 5.82 Å². The molecule has 0 fully saturated rings. The predicted octanol–water partition coefficient (Wildman–Crippen LogP) is 1.96. The number of nitrogens with one attached hydrogen (secondary N) is 4. The first-order valence-corrected chi connectivity index (χ1v) is 9.47. The van der Waals surface area contributed by atoms with Crippen molar-refractivity contribution in [2.24, 2.45) is 0 Å². The molecule has 4 N–H and O–H groups in total. The second-order valence-electron chi connectivity index (χ2n) is 6.14. The number of rotatable bonds is 7. The third-order valence-corrected chi connectivity index (χ3v) is 3.97. The van der Waals surface area contributed by atoms with Crippen LogP contribution in [0.3, 0.4) is 0 Å². The van der Waals surface area contributed by atoms with Crippen molar-refractivity contribution in [3.05, 3.63) is 77.6 Å². The van der Waals surface area contributed by atoms with Crippen LogP contribution in [0.5, 0.6) is 0 Å². The van der Waals surface area contributed by atoms with E-state index in [9.17, 15) is 18.8 Å². The smallest absolute Gasteiger partial charge is 0.250 e. The van der Waals surface area contributed by atoms with Gasteiger partial charge in [0.1, 0.15) is 5.82 Å². The Bertz CT molecular complexity index is 918. The maximum absolute atomic E-state index is 12.8. The molecule has 0 aliphatic heterocycles. The average Bonchev–Trinajstić information content (AvgIpc) is 2.75. The molecule has 156 valence electrons. The Kier molecular flexibility index (Phi) is 9.14. The predicted molar refractivity (Wildman–Crippen MR) is 115 cm³/mol. The van der Waals surface area contributed by atoms with Crippen LogP contribution < -0.4 is 21.5 Å². The Morgan fingerprint density at radius 3 is 2.27 bits per heavy atom. The van der Waals surface area contributed by atoms with Gasteiger partial charge in [0.05, 0.1) is 0 Å². The molecule has 0 saturated heterocycles. The summed E-state index contributed by atoms with van der Waals surface area (Å²) in [7, 11) is 0. The number of hydrazine groups is 1. The summed E-state index contributed by atoms with van der Waals surface area (Å²) in [6.45, 7) is 0.390. The normalized spacial score (nSPS) is 10.3. The van der Waals surface area contributed by atoms with E-state index in [1.54, 1.807) is 0 Å². The minimum absolute atomic E-state index is 0.0138. The molecule has 2 aromatic rings. The largest absolute Gasteiger partial charge is 0.352 e. The van der Waals surface area contributed by atoms with Crippen molar-refractivity contribution in [1.29, 1.82) is 0 Å². The van der Waals surface area contributed by atoms with E-state index < -0.39 is 11.8 Å². The molecule has 0 aliphatic rings. The lowest BCUT2D eigenvalue weighted by Crippen LogP contribution is -2.48. The minimum Gasteiger partial charge on any atom is -0.352 e. The molecule has 30 heavy (non-hydrogen) atoms. The number of carbonyl (C=O) groups excluding carboxylic acids is 3. The molecule has 0 heterocycles. The number of carbonyl (C=O) groups is 3. The van der Waals surface area contributed by atoms with Crippen molar-refractivity contribution in [3.63, 3.8) is 0 Å². The van der Waals surface area contributed by atoms with Crippen molar-refractivity contribution < 1.29 is 18.8 Å². The van der Waals surface area contributed by atoms with Crippen molar-refractivity contribution in [2.75, 3.05) is 0 Å². The van der Waals surface area contributed by atoms with E-state index in [-0.39, 0.29) is 29.7 Å². The van der Waals surface area contributed by atoms with Crippen LogP contribution in [-0.2, 0) is 20.9 Å². The van der Waals surface area contributed by atoms with Crippen LogP contribution in [0.4, 0.5) is 4.39 Å². The van der Waals surface area contributed by atoms with Gasteiger partial charge < -0.3 is 5.32 Å². The van der Waals surface area contributed by atoms with Crippen molar-refractivity contribution in [2.45, 2.75) is 19.4 Å². The fraction of sp³-hybridized carbons (Fsp3) is 0.143. The van der Waals surface area contributed by atoms with E-state index in [1.165, 1.54) is 36.4 Å². The highest BCUT2D eigenvalue weighted by Crippen LogP contribution is 2.04. The van der Waals surface area contributed by atoms with Gasteiger partial charge in [0, 0.05) is 25.5 Å². The van der Waals surface area contributed by atoms with Crippen LogP contribution in [0.1, 0.15) is 24.0 Å². The fourth-order valence-corrected chi connectivity index (χ4v) is 2.38. The molecule has 0 saturated carbocycles. The molecule has 0 unspecified atom stereocenters. The molecule has 0 aliphatic carbocycles. The topological polar surface area (TPSA) is 99.3 Å². The summed E-state index contributed by atoms with van der Waals surface area (Å²) >= 11 is 4.91. The number of halogens is 1. The molecular formula is C21H21FN4O3S. The summed E-state index contributed by atoms with van der Waals surface area (Å²) in [6.07, 6.45) is 2.68. The van der Waals surface area contributed by atoms with Crippen LogP contribution in [0.25, 0.3) is 6.08 Å². The van der Waals surface area contributed by atoms with Crippen LogP contribution in [-0.4, -0.2) is 22.8 Å². The summed E-state index contributed by atoms with van der Waals surface area (Å²) in [5.41, 5.74) is 6.30. The van der Waals surface area contributed by atoms with Gasteiger partial charge in [-0.3, -0.25) is 30.6 Å². The van der Waals surface area contributed by atoms with Gasteiger partial charge in [-0.05, 0) is 41.6 Å². The van der Waals surface area contributed by atoms with Gasteiger partial charge in [-0.25, -0.2) is 4.39 Å². The third kappa shape index (κ3) is 9.07. The summed E-state index contributed by atoms with van der Waals surface area (Å²) in [5, 5.41) is 4.97. The van der Waals surface area contributed by atoms with Gasteiger partial charge in [-0.1, -0.05) is 42.5 Å². The van der Waals surface area contributed by atoms with Crippen LogP contribution in [0.2, 0.25) is 0 Å². The quantitative estimate of drug-likeness (QED) is 0.307. The first-order chi connectivity index (χ1) is 14.4. The van der Waals surface area contributed by atoms with Crippen molar-refractivity contribution in [1.82, 2.24) is 21.5 Å². The SMILES string of the molecule is O=C(/C=C/c1ccc(F)cc1)NC(=S)NNC(=O)CCC(=O)NCc1ccccc1. The molecule has 0 atom stereocenters. The van der Waals surface area contributed by atoms with Gasteiger partial charge in [0.2, 0.25) is 17.7 Å². The number of hydrogen-bond acceptors (Lipinski definition) is 4. The molecule has 0 bridgehead atoms. The number of benzene rings is 2. The van der Waals surface area contributed by atoms with Gasteiger partial charge in [-0.2, -0.15) is 0 Å². The van der Waals surface area contributed by atoms with E-state index in [2.05, 4.69) is 21.5 Å². The van der Waals surface area contributed by atoms with E-state index in [0.717, 1.165) is 5.56 Å². The van der Waals surface area contributed by atoms with E-state index in [1.807, 2.05) is 30.3 Å². The lowest BCUT2D eigenvalue weighted by atomic mass is 10.2. The molecule has 3 amide bonds. The zero-order chi connectivity index (χ0) is 21.8. The zero-order valence-corrected chi connectivity index (χ0v) is 16.8.